The highest BCUT2D eigenvalue weighted by Crippen LogP contribution is 2.21. The van der Waals surface area contributed by atoms with E-state index in [-0.39, 0.29) is 10.7 Å². The van der Waals surface area contributed by atoms with Crippen molar-refractivity contribution >= 4 is 23.5 Å². The first-order valence-electron chi connectivity index (χ1n) is 6.98. The fourth-order valence-electron chi connectivity index (χ4n) is 1.77. The second-order valence-electron chi connectivity index (χ2n) is 5.70. The molecule has 2 heterocycles. The molecule has 0 bridgehead atoms. The van der Waals surface area contributed by atoms with E-state index < -0.39 is 0 Å². The number of hydrogen-bond acceptors (Lipinski definition) is 6. The van der Waals surface area contributed by atoms with Crippen LogP contribution in [0.2, 0.25) is 5.28 Å². The lowest BCUT2D eigenvalue weighted by Crippen LogP contribution is -2.37. The number of halogens is 1. The Balaban J connectivity index is 2.08. The highest BCUT2D eigenvalue weighted by Gasteiger charge is 2.18. The topological polar surface area (TPSA) is 63.2 Å². The fourth-order valence-corrected chi connectivity index (χ4v) is 1.92. The molecule has 0 atom stereocenters. The third kappa shape index (κ3) is 4.18. The lowest BCUT2D eigenvalue weighted by molar-refractivity contribution is 0.122. The summed E-state index contributed by atoms with van der Waals surface area (Å²) in [4.78, 5) is 14.8. The Morgan fingerprint density at radius 2 is 1.95 bits per heavy atom. The van der Waals surface area contributed by atoms with Gasteiger partial charge in [-0.05, 0) is 23.4 Å². The number of morpholine rings is 1. The molecule has 2 rings (SSSR count). The predicted octanol–water partition coefficient (Wildman–Crippen LogP) is 2.21. The molecule has 1 aliphatic rings. The largest absolute Gasteiger partial charge is 0.378 e. The molecule has 0 saturated carbocycles. The van der Waals surface area contributed by atoms with E-state index in [1.807, 2.05) is 0 Å². The first-order chi connectivity index (χ1) is 9.50. The molecule has 1 aromatic rings. The second kappa shape index (κ2) is 6.54. The van der Waals surface area contributed by atoms with Gasteiger partial charge in [-0.1, -0.05) is 20.8 Å². The van der Waals surface area contributed by atoms with E-state index in [4.69, 9.17) is 16.3 Å². The lowest BCUT2D eigenvalue weighted by atomic mass is 9.90. The van der Waals surface area contributed by atoms with E-state index in [1.54, 1.807) is 0 Å². The third-order valence-corrected chi connectivity index (χ3v) is 3.74. The molecular formula is C13H22ClN5O. The zero-order valence-electron chi connectivity index (χ0n) is 12.3. The summed E-state index contributed by atoms with van der Waals surface area (Å²) < 4.78 is 5.33. The van der Waals surface area contributed by atoms with Crippen molar-refractivity contribution in [1.82, 2.24) is 15.0 Å². The number of nitrogens with one attached hydrogen (secondary N) is 1. The van der Waals surface area contributed by atoms with Crippen LogP contribution in [-0.4, -0.2) is 47.8 Å². The van der Waals surface area contributed by atoms with Gasteiger partial charge in [0, 0.05) is 19.6 Å². The number of ether oxygens (including phenoxy) is 1. The molecule has 0 aliphatic carbocycles. The molecule has 0 spiro atoms. The molecule has 1 aliphatic heterocycles. The molecular weight excluding hydrogens is 278 g/mol. The smallest absolute Gasteiger partial charge is 0.231 e. The standard InChI is InChI=1S/C13H22ClN5O/c1-4-13(2,3)9-15-11-16-10(14)17-12(18-11)19-5-7-20-8-6-19/h4-9H2,1-3H3,(H,15,16,17,18). The molecule has 1 saturated heterocycles. The molecule has 0 radical (unpaired) electrons. The third-order valence-electron chi connectivity index (χ3n) is 3.57. The minimum absolute atomic E-state index is 0.193. The molecule has 7 heteroatoms. The van der Waals surface area contributed by atoms with E-state index in [0.717, 1.165) is 26.1 Å². The maximum atomic E-state index is 5.99. The van der Waals surface area contributed by atoms with Gasteiger partial charge in [-0.2, -0.15) is 15.0 Å². The van der Waals surface area contributed by atoms with Crippen LogP contribution in [0.15, 0.2) is 0 Å². The van der Waals surface area contributed by atoms with E-state index in [0.29, 0.717) is 25.1 Å². The van der Waals surface area contributed by atoms with E-state index >= 15 is 0 Å². The minimum atomic E-state index is 0.193. The van der Waals surface area contributed by atoms with Crippen LogP contribution in [0, 0.1) is 5.41 Å². The van der Waals surface area contributed by atoms with Gasteiger partial charge >= 0.3 is 0 Å². The van der Waals surface area contributed by atoms with E-state index in [9.17, 15) is 0 Å². The molecule has 0 aromatic carbocycles. The van der Waals surface area contributed by atoms with Gasteiger partial charge in [-0.3, -0.25) is 0 Å². The summed E-state index contributed by atoms with van der Waals surface area (Å²) in [5, 5.41) is 3.47. The van der Waals surface area contributed by atoms with Gasteiger partial charge in [0.1, 0.15) is 0 Å². The second-order valence-corrected chi connectivity index (χ2v) is 6.04. The van der Waals surface area contributed by atoms with Crippen molar-refractivity contribution in [2.24, 2.45) is 5.41 Å². The van der Waals surface area contributed by atoms with E-state index in [2.05, 4.69) is 45.9 Å². The molecule has 0 unspecified atom stereocenters. The van der Waals surface area contributed by atoms with Crippen molar-refractivity contribution in [3.8, 4) is 0 Å². The van der Waals surface area contributed by atoms with Crippen LogP contribution in [0.25, 0.3) is 0 Å². The molecule has 6 nitrogen and oxygen atoms in total. The van der Waals surface area contributed by atoms with Crippen molar-refractivity contribution in [1.29, 1.82) is 0 Å². The monoisotopic (exact) mass is 299 g/mol. The van der Waals surface area contributed by atoms with Crippen LogP contribution in [0.3, 0.4) is 0 Å². The summed E-state index contributed by atoms with van der Waals surface area (Å²) in [5.74, 6) is 1.15. The quantitative estimate of drug-likeness (QED) is 0.899. The van der Waals surface area contributed by atoms with Gasteiger partial charge in [0.25, 0.3) is 0 Å². The number of hydrogen-bond donors (Lipinski definition) is 1. The zero-order chi connectivity index (χ0) is 14.6. The Bertz CT molecular complexity index is 448. The van der Waals surface area contributed by atoms with Crippen LogP contribution in [-0.2, 0) is 4.74 Å². The van der Waals surface area contributed by atoms with Crippen LogP contribution in [0.5, 0.6) is 0 Å². The SMILES string of the molecule is CCC(C)(C)CNc1nc(Cl)nc(N2CCOCC2)n1. The van der Waals surface area contributed by atoms with Crippen LogP contribution >= 0.6 is 11.6 Å². The fraction of sp³-hybridized carbons (Fsp3) is 0.769. The lowest BCUT2D eigenvalue weighted by Gasteiger charge is -2.27. The molecule has 1 fully saturated rings. The van der Waals surface area contributed by atoms with Crippen molar-refractivity contribution in [2.45, 2.75) is 27.2 Å². The zero-order valence-corrected chi connectivity index (χ0v) is 13.1. The summed E-state index contributed by atoms with van der Waals surface area (Å²) in [7, 11) is 0. The highest BCUT2D eigenvalue weighted by molar-refractivity contribution is 6.28. The minimum Gasteiger partial charge on any atom is -0.378 e. The first kappa shape index (κ1) is 15.3. The maximum Gasteiger partial charge on any atom is 0.231 e. The van der Waals surface area contributed by atoms with Crippen molar-refractivity contribution in [3.63, 3.8) is 0 Å². The Labute approximate surface area is 124 Å². The molecule has 0 amide bonds. The normalized spacial score (nSPS) is 16.3. The average molecular weight is 300 g/mol. The van der Waals surface area contributed by atoms with Gasteiger partial charge in [0.15, 0.2) is 0 Å². The summed E-state index contributed by atoms with van der Waals surface area (Å²) in [6, 6.07) is 0. The molecule has 112 valence electrons. The first-order valence-corrected chi connectivity index (χ1v) is 7.36. The Hall–Kier alpha value is -1.14. The van der Waals surface area contributed by atoms with Crippen LogP contribution in [0.1, 0.15) is 27.2 Å². The molecule has 1 aromatic heterocycles. The Morgan fingerprint density at radius 3 is 2.60 bits per heavy atom. The van der Waals surface area contributed by atoms with Crippen molar-refractivity contribution in [2.75, 3.05) is 43.1 Å². The van der Waals surface area contributed by atoms with Gasteiger partial charge in [-0.25, -0.2) is 0 Å². The number of anilines is 2. The van der Waals surface area contributed by atoms with Crippen molar-refractivity contribution in [3.05, 3.63) is 5.28 Å². The maximum absolute atomic E-state index is 5.99. The summed E-state index contributed by atoms with van der Waals surface area (Å²) >= 11 is 5.99. The number of aromatic nitrogens is 3. The predicted molar refractivity (Wildman–Crippen MR) is 80.4 cm³/mol. The Kier molecular flexibility index (Phi) is 4.99. The number of nitrogens with zero attached hydrogens (tertiary/aromatic N) is 4. The van der Waals surface area contributed by atoms with Crippen LogP contribution < -0.4 is 10.2 Å². The van der Waals surface area contributed by atoms with Gasteiger partial charge in [-0.15, -0.1) is 0 Å². The molecule has 20 heavy (non-hydrogen) atoms. The summed E-state index contributed by atoms with van der Waals surface area (Å²) in [6.45, 7) is 10.3. The van der Waals surface area contributed by atoms with Gasteiger partial charge < -0.3 is 15.0 Å². The van der Waals surface area contributed by atoms with Gasteiger partial charge in [0.05, 0.1) is 13.2 Å². The van der Waals surface area contributed by atoms with E-state index in [1.165, 1.54) is 0 Å². The van der Waals surface area contributed by atoms with Gasteiger partial charge in [0.2, 0.25) is 17.2 Å². The Morgan fingerprint density at radius 1 is 1.25 bits per heavy atom. The highest BCUT2D eigenvalue weighted by atomic mass is 35.5. The summed E-state index contributed by atoms with van der Waals surface area (Å²) in [5.41, 5.74) is 0.193. The molecule has 1 N–H and O–H groups in total. The number of rotatable bonds is 5. The summed E-state index contributed by atoms with van der Waals surface area (Å²) in [6.07, 6.45) is 1.08. The van der Waals surface area contributed by atoms with Crippen LogP contribution in [0.4, 0.5) is 11.9 Å². The average Bonchev–Trinajstić information content (AvgIpc) is 2.46. The van der Waals surface area contributed by atoms with Crippen molar-refractivity contribution < 1.29 is 4.74 Å².